The van der Waals surface area contributed by atoms with Crippen LogP contribution in [0.2, 0.25) is 0 Å². The highest BCUT2D eigenvalue weighted by Gasteiger charge is 2.15. The smallest absolute Gasteiger partial charge is 0.224 e. The summed E-state index contributed by atoms with van der Waals surface area (Å²) in [6, 6.07) is 0.233. The van der Waals surface area contributed by atoms with Gasteiger partial charge in [-0.2, -0.15) is 0 Å². The summed E-state index contributed by atoms with van der Waals surface area (Å²) in [4.78, 5) is 16.3. The van der Waals surface area contributed by atoms with Gasteiger partial charge in [0.15, 0.2) is 0 Å². The molecule has 5 heteroatoms. The Kier molecular flexibility index (Phi) is 10.8. The lowest BCUT2D eigenvalue weighted by Gasteiger charge is -2.25. The summed E-state index contributed by atoms with van der Waals surface area (Å²) < 4.78 is 5.08. The Hall–Kier alpha value is -0.650. The summed E-state index contributed by atoms with van der Waals surface area (Å²) in [6.07, 6.45) is 1.55. The quantitative estimate of drug-likeness (QED) is 0.605. The van der Waals surface area contributed by atoms with Crippen LogP contribution in [-0.2, 0) is 9.53 Å². The largest absolute Gasteiger partial charge is 0.383 e. The van der Waals surface area contributed by atoms with Crippen molar-refractivity contribution >= 4 is 5.91 Å². The van der Waals surface area contributed by atoms with Crippen LogP contribution < -0.4 is 5.32 Å². The Morgan fingerprint density at radius 3 is 2.47 bits per heavy atom. The van der Waals surface area contributed by atoms with E-state index in [1.54, 1.807) is 7.11 Å². The molecule has 0 aromatic rings. The van der Waals surface area contributed by atoms with Crippen molar-refractivity contribution < 1.29 is 9.53 Å². The van der Waals surface area contributed by atoms with E-state index in [1.807, 2.05) is 4.90 Å². The molecule has 0 bridgehead atoms. The monoisotopic (exact) mass is 273 g/mol. The predicted molar refractivity (Wildman–Crippen MR) is 79.4 cm³/mol. The highest BCUT2D eigenvalue weighted by atomic mass is 16.5. The molecule has 1 N–H and O–H groups in total. The number of nitrogens with one attached hydrogen (secondary N) is 1. The van der Waals surface area contributed by atoms with Crippen LogP contribution in [0.3, 0.4) is 0 Å². The van der Waals surface area contributed by atoms with Gasteiger partial charge in [0.25, 0.3) is 0 Å². The van der Waals surface area contributed by atoms with Crippen LogP contribution in [0.15, 0.2) is 0 Å². The molecule has 1 atom stereocenters. The Morgan fingerprint density at radius 2 is 1.95 bits per heavy atom. The van der Waals surface area contributed by atoms with Crippen molar-refractivity contribution in [3.63, 3.8) is 0 Å². The molecular formula is C14H31N3O2. The van der Waals surface area contributed by atoms with Gasteiger partial charge < -0.3 is 19.9 Å². The first-order valence-electron chi connectivity index (χ1n) is 7.16. The minimum Gasteiger partial charge on any atom is -0.383 e. The summed E-state index contributed by atoms with van der Waals surface area (Å²) >= 11 is 0. The zero-order valence-corrected chi connectivity index (χ0v) is 13.2. The van der Waals surface area contributed by atoms with E-state index in [0.29, 0.717) is 19.6 Å². The van der Waals surface area contributed by atoms with Gasteiger partial charge in [0.1, 0.15) is 0 Å². The van der Waals surface area contributed by atoms with Gasteiger partial charge >= 0.3 is 0 Å². The average molecular weight is 273 g/mol. The molecule has 114 valence electrons. The van der Waals surface area contributed by atoms with Crippen molar-refractivity contribution in [1.82, 2.24) is 15.1 Å². The van der Waals surface area contributed by atoms with Crippen LogP contribution in [0.25, 0.3) is 0 Å². The molecule has 0 aliphatic carbocycles. The van der Waals surface area contributed by atoms with Gasteiger partial charge in [-0.1, -0.05) is 6.92 Å². The molecule has 0 aromatic heterocycles. The number of rotatable bonds is 11. The molecule has 5 nitrogen and oxygen atoms in total. The molecule has 0 radical (unpaired) electrons. The lowest BCUT2D eigenvalue weighted by atomic mass is 10.2. The number of hydrogen-bond acceptors (Lipinski definition) is 4. The lowest BCUT2D eigenvalue weighted by molar-refractivity contribution is -0.132. The fourth-order valence-corrected chi connectivity index (χ4v) is 1.95. The fraction of sp³-hybridized carbons (Fsp3) is 0.929. The molecule has 0 aromatic carbocycles. The average Bonchev–Trinajstić information content (AvgIpc) is 2.33. The van der Waals surface area contributed by atoms with E-state index < -0.39 is 0 Å². The highest BCUT2D eigenvalue weighted by Crippen LogP contribution is 2.01. The second-order valence-electron chi connectivity index (χ2n) is 5.19. The predicted octanol–water partition coefficient (Wildman–Crippen LogP) is 0.801. The summed E-state index contributed by atoms with van der Waals surface area (Å²) in [6.45, 7) is 8.09. The standard InChI is InChI=1S/C14H31N3O2/c1-6-15-13(2)12-14(18)17(10-11-19-5)9-7-8-16(3)4/h13,15H,6-12H2,1-5H3. The third-order valence-corrected chi connectivity index (χ3v) is 2.98. The zero-order chi connectivity index (χ0) is 14.7. The molecule has 0 fully saturated rings. The molecule has 0 aliphatic heterocycles. The van der Waals surface area contributed by atoms with Gasteiger partial charge in [0.05, 0.1) is 6.61 Å². The Bertz CT molecular complexity index is 235. The second kappa shape index (κ2) is 11.2. The van der Waals surface area contributed by atoms with Crippen LogP contribution in [0.4, 0.5) is 0 Å². The molecule has 0 saturated heterocycles. The third kappa shape index (κ3) is 9.87. The first-order chi connectivity index (χ1) is 9.01. The third-order valence-electron chi connectivity index (χ3n) is 2.98. The maximum atomic E-state index is 12.2. The van der Waals surface area contributed by atoms with Crippen molar-refractivity contribution in [2.75, 3.05) is 54.0 Å². The van der Waals surface area contributed by atoms with E-state index >= 15 is 0 Å². The van der Waals surface area contributed by atoms with Gasteiger partial charge in [-0.05, 0) is 40.5 Å². The van der Waals surface area contributed by atoms with E-state index in [0.717, 1.165) is 26.1 Å². The molecule has 0 spiro atoms. The molecular weight excluding hydrogens is 242 g/mol. The van der Waals surface area contributed by atoms with Gasteiger partial charge in [-0.3, -0.25) is 4.79 Å². The lowest BCUT2D eigenvalue weighted by Crippen LogP contribution is -2.39. The maximum absolute atomic E-state index is 12.2. The maximum Gasteiger partial charge on any atom is 0.224 e. The Labute approximate surface area is 118 Å². The molecule has 0 aliphatic rings. The summed E-state index contributed by atoms with van der Waals surface area (Å²) in [5, 5.41) is 3.27. The molecule has 0 saturated carbocycles. The number of methoxy groups -OCH3 is 1. The molecule has 1 amide bonds. The van der Waals surface area contributed by atoms with Crippen molar-refractivity contribution in [2.45, 2.75) is 32.7 Å². The van der Waals surface area contributed by atoms with E-state index in [9.17, 15) is 4.79 Å². The number of carbonyl (C=O) groups excluding carboxylic acids is 1. The van der Waals surface area contributed by atoms with Gasteiger partial charge in [-0.15, -0.1) is 0 Å². The normalized spacial score (nSPS) is 12.7. The van der Waals surface area contributed by atoms with Crippen LogP contribution in [0, 0.1) is 0 Å². The minimum atomic E-state index is 0.212. The number of carbonyl (C=O) groups is 1. The van der Waals surface area contributed by atoms with Crippen molar-refractivity contribution in [3.8, 4) is 0 Å². The van der Waals surface area contributed by atoms with Crippen LogP contribution in [-0.4, -0.2) is 75.7 Å². The SMILES string of the molecule is CCNC(C)CC(=O)N(CCCN(C)C)CCOC. The first kappa shape index (κ1) is 18.4. The molecule has 0 rings (SSSR count). The van der Waals surface area contributed by atoms with E-state index in [1.165, 1.54) is 0 Å². The second-order valence-corrected chi connectivity index (χ2v) is 5.19. The molecule has 19 heavy (non-hydrogen) atoms. The van der Waals surface area contributed by atoms with Crippen LogP contribution in [0.1, 0.15) is 26.7 Å². The highest BCUT2D eigenvalue weighted by molar-refractivity contribution is 5.76. The summed E-state index contributed by atoms with van der Waals surface area (Å²) in [5.41, 5.74) is 0. The summed E-state index contributed by atoms with van der Waals surface area (Å²) in [5.74, 6) is 0.212. The van der Waals surface area contributed by atoms with Crippen LogP contribution >= 0.6 is 0 Å². The van der Waals surface area contributed by atoms with Crippen LogP contribution in [0.5, 0.6) is 0 Å². The zero-order valence-electron chi connectivity index (χ0n) is 13.2. The van der Waals surface area contributed by atoms with Gasteiger partial charge in [-0.25, -0.2) is 0 Å². The summed E-state index contributed by atoms with van der Waals surface area (Å²) in [7, 11) is 5.77. The van der Waals surface area contributed by atoms with Gasteiger partial charge in [0.2, 0.25) is 5.91 Å². The van der Waals surface area contributed by atoms with Crippen molar-refractivity contribution in [1.29, 1.82) is 0 Å². The minimum absolute atomic E-state index is 0.212. The van der Waals surface area contributed by atoms with E-state index in [2.05, 4.69) is 38.2 Å². The van der Waals surface area contributed by atoms with Gasteiger partial charge in [0, 0.05) is 32.7 Å². The topological polar surface area (TPSA) is 44.8 Å². The molecule has 0 heterocycles. The number of amides is 1. The number of nitrogens with zero attached hydrogens (tertiary/aromatic N) is 2. The Balaban J connectivity index is 4.17. The molecule has 1 unspecified atom stereocenters. The van der Waals surface area contributed by atoms with E-state index in [-0.39, 0.29) is 11.9 Å². The number of hydrogen-bond donors (Lipinski definition) is 1. The first-order valence-corrected chi connectivity index (χ1v) is 7.16. The fourth-order valence-electron chi connectivity index (χ4n) is 1.95. The van der Waals surface area contributed by atoms with Crippen molar-refractivity contribution in [2.24, 2.45) is 0 Å². The van der Waals surface area contributed by atoms with E-state index in [4.69, 9.17) is 4.74 Å². The number of ether oxygens (including phenoxy) is 1. The Morgan fingerprint density at radius 1 is 1.26 bits per heavy atom. The van der Waals surface area contributed by atoms with Crippen molar-refractivity contribution in [3.05, 3.63) is 0 Å².